The third-order valence-corrected chi connectivity index (χ3v) is 2.69. The van der Waals surface area contributed by atoms with E-state index in [2.05, 4.69) is 22.4 Å². The quantitative estimate of drug-likeness (QED) is 0.848. The fourth-order valence-electron chi connectivity index (χ4n) is 1.85. The van der Waals surface area contributed by atoms with E-state index in [-0.39, 0.29) is 0 Å². The van der Waals surface area contributed by atoms with E-state index in [1.807, 2.05) is 19.2 Å². The Balaban J connectivity index is 2.51. The maximum Gasteiger partial charge on any atom is 0.145 e. The summed E-state index contributed by atoms with van der Waals surface area (Å²) in [6.07, 6.45) is 2.80. The Morgan fingerprint density at radius 1 is 1.31 bits per heavy atom. The average molecular weight is 216 g/mol. The largest absolute Gasteiger partial charge is 0.494 e. The Bertz CT molecular complexity index is 482. The zero-order chi connectivity index (χ0) is 11.4. The van der Waals surface area contributed by atoms with Crippen molar-refractivity contribution in [3.63, 3.8) is 0 Å². The van der Waals surface area contributed by atoms with Gasteiger partial charge in [-0.2, -0.15) is 0 Å². The normalized spacial score (nSPS) is 10.6. The van der Waals surface area contributed by atoms with Crippen LogP contribution in [0.5, 0.6) is 5.75 Å². The second kappa shape index (κ2) is 4.94. The predicted molar refractivity (Wildman–Crippen MR) is 65.9 cm³/mol. The van der Waals surface area contributed by atoms with E-state index in [9.17, 15) is 0 Å². The fraction of sp³-hybridized carbons (Fsp3) is 0.308. The zero-order valence-electron chi connectivity index (χ0n) is 9.66. The zero-order valence-corrected chi connectivity index (χ0v) is 9.66. The number of aromatic nitrogens is 1. The van der Waals surface area contributed by atoms with Crippen molar-refractivity contribution in [1.82, 2.24) is 10.3 Å². The molecule has 0 radical (unpaired) electrons. The molecule has 16 heavy (non-hydrogen) atoms. The van der Waals surface area contributed by atoms with Crippen LogP contribution < -0.4 is 10.1 Å². The van der Waals surface area contributed by atoms with Crippen LogP contribution in [0.2, 0.25) is 0 Å². The molecule has 0 unspecified atom stereocenters. The van der Waals surface area contributed by atoms with Gasteiger partial charge in [0.2, 0.25) is 0 Å². The molecule has 2 aromatic rings. The van der Waals surface area contributed by atoms with Crippen molar-refractivity contribution in [3.05, 3.63) is 36.0 Å². The number of rotatable bonds is 4. The van der Waals surface area contributed by atoms with Gasteiger partial charge in [-0.3, -0.25) is 4.98 Å². The lowest BCUT2D eigenvalue weighted by Crippen LogP contribution is -2.10. The van der Waals surface area contributed by atoms with Gasteiger partial charge in [-0.05, 0) is 37.7 Å². The molecule has 0 amide bonds. The number of nitrogens with zero attached hydrogens (tertiary/aromatic N) is 1. The molecule has 1 aromatic carbocycles. The van der Waals surface area contributed by atoms with Crippen molar-refractivity contribution in [2.24, 2.45) is 0 Å². The molecule has 2 rings (SSSR count). The van der Waals surface area contributed by atoms with Gasteiger partial charge in [-0.15, -0.1) is 0 Å². The van der Waals surface area contributed by atoms with Crippen molar-refractivity contribution in [3.8, 4) is 5.75 Å². The standard InChI is InChI=1S/C13H16N2O/c1-14-9-7-10-5-6-12(16-2)13-11(10)4-3-8-15-13/h3-6,8,14H,7,9H2,1-2H3. The van der Waals surface area contributed by atoms with E-state index in [1.165, 1.54) is 10.9 Å². The second-order valence-corrected chi connectivity index (χ2v) is 3.68. The molecule has 0 atom stereocenters. The Morgan fingerprint density at radius 3 is 2.94 bits per heavy atom. The molecule has 0 aliphatic rings. The maximum absolute atomic E-state index is 5.31. The molecule has 0 spiro atoms. The summed E-state index contributed by atoms with van der Waals surface area (Å²) in [6.45, 7) is 0.969. The molecular weight excluding hydrogens is 200 g/mol. The Kier molecular flexibility index (Phi) is 3.37. The second-order valence-electron chi connectivity index (χ2n) is 3.68. The number of hydrogen-bond donors (Lipinski definition) is 1. The number of benzene rings is 1. The minimum atomic E-state index is 0.837. The van der Waals surface area contributed by atoms with Gasteiger partial charge in [0.1, 0.15) is 11.3 Å². The van der Waals surface area contributed by atoms with Crippen molar-refractivity contribution in [1.29, 1.82) is 0 Å². The molecule has 0 bridgehead atoms. The molecule has 3 heteroatoms. The van der Waals surface area contributed by atoms with Crippen LogP contribution in [0.1, 0.15) is 5.56 Å². The highest BCUT2D eigenvalue weighted by Crippen LogP contribution is 2.26. The lowest BCUT2D eigenvalue weighted by Gasteiger charge is -2.09. The van der Waals surface area contributed by atoms with Gasteiger partial charge in [0.25, 0.3) is 0 Å². The minimum absolute atomic E-state index is 0.837. The van der Waals surface area contributed by atoms with E-state index >= 15 is 0 Å². The molecule has 3 nitrogen and oxygen atoms in total. The van der Waals surface area contributed by atoms with E-state index in [0.717, 1.165) is 24.2 Å². The number of pyridine rings is 1. The number of methoxy groups -OCH3 is 1. The van der Waals surface area contributed by atoms with Crippen LogP contribution in [0.4, 0.5) is 0 Å². The molecule has 1 N–H and O–H groups in total. The summed E-state index contributed by atoms with van der Waals surface area (Å²) in [7, 11) is 3.64. The van der Waals surface area contributed by atoms with E-state index < -0.39 is 0 Å². The van der Waals surface area contributed by atoms with E-state index in [4.69, 9.17) is 4.74 Å². The summed E-state index contributed by atoms with van der Waals surface area (Å²) in [4.78, 5) is 4.38. The molecule has 1 heterocycles. The van der Waals surface area contributed by atoms with Gasteiger partial charge in [-0.25, -0.2) is 0 Å². The Hall–Kier alpha value is -1.61. The third-order valence-electron chi connectivity index (χ3n) is 2.69. The highest BCUT2D eigenvalue weighted by atomic mass is 16.5. The molecule has 84 valence electrons. The van der Waals surface area contributed by atoms with Crippen LogP contribution in [0.15, 0.2) is 30.5 Å². The first-order valence-electron chi connectivity index (χ1n) is 5.42. The minimum Gasteiger partial charge on any atom is -0.494 e. The van der Waals surface area contributed by atoms with Crippen LogP contribution in [0, 0.1) is 0 Å². The van der Waals surface area contributed by atoms with Crippen LogP contribution in [-0.2, 0) is 6.42 Å². The summed E-state index contributed by atoms with van der Waals surface area (Å²) in [6, 6.07) is 8.15. The maximum atomic E-state index is 5.31. The lowest BCUT2D eigenvalue weighted by atomic mass is 10.0. The summed E-state index contributed by atoms with van der Waals surface area (Å²) in [5.41, 5.74) is 2.25. The van der Waals surface area contributed by atoms with Crippen LogP contribution >= 0.6 is 0 Å². The van der Waals surface area contributed by atoms with Gasteiger partial charge < -0.3 is 10.1 Å². The van der Waals surface area contributed by atoms with Gasteiger partial charge >= 0.3 is 0 Å². The smallest absolute Gasteiger partial charge is 0.145 e. The van der Waals surface area contributed by atoms with E-state index in [1.54, 1.807) is 13.3 Å². The predicted octanol–water partition coefficient (Wildman–Crippen LogP) is 2.01. The third kappa shape index (κ3) is 1.99. The SMILES string of the molecule is CNCCc1ccc(OC)c2ncccc12. The summed E-state index contributed by atoms with van der Waals surface area (Å²) >= 11 is 0. The lowest BCUT2D eigenvalue weighted by molar-refractivity contribution is 0.419. The summed E-state index contributed by atoms with van der Waals surface area (Å²) in [5.74, 6) is 0.837. The first kappa shape index (κ1) is 10.9. The van der Waals surface area contributed by atoms with E-state index in [0.29, 0.717) is 0 Å². The number of fused-ring (bicyclic) bond motifs is 1. The fourth-order valence-corrected chi connectivity index (χ4v) is 1.85. The monoisotopic (exact) mass is 216 g/mol. The van der Waals surface area contributed by atoms with Crippen molar-refractivity contribution < 1.29 is 4.74 Å². The number of ether oxygens (including phenoxy) is 1. The van der Waals surface area contributed by atoms with Crippen LogP contribution in [0.25, 0.3) is 10.9 Å². The van der Waals surface area contributed by atoms with Gasteiger partial charge in [0.15, 0.2) is 0 Å². The van der Waals surface area contributed by atoms with Gasteiger partial charge in [0, 0.05) is 11.6 Å². The first-order valence-corrected chi connectivity index (χ1v) is 5.42. The topological polar surface area (TPSA) is 34.1 Å². The van der Waals surface area contributed by atoms with Crippen molar-refractivity contribution in [2.45, 2.75) is 6.42 Å². The molecular formula is C13H16N2O. The highest BCUT2D eigenvalue weighted by Gasteiger charge is 2.06. The molecule has 0 aliphatic carbocycles. The van der Waals surface area contributed by atoms with Crippen LogP contribution in [-0.4, -0.2) is 25.7 Å². The summed E-state index contributed by atoms with van der Waals surface area (Å²) < 4.78 is 5.31. The average Bonchev–Trinajstić information content (AvgIpc) is 2.36. The Labute approximate surface area is 95.5 Å². The highest BCUT2D eigenvalue weighted by molar-refractivity contribution is 5.87. The molecule has 0 saturated carbocycles. The number of likely N-dealkylation sites (N-methyl/N-ethyl adjacent to an activating group) is 1. The molecule has 0 fully saturated rings. The van der Waals surface area contributed by atoms with Gasteiger partial charge in [-0.1, -0.05) is 12.1 Å². The Morgan fingerprint density at radius 2 is 2.19 bits per heavy atom. The van der Waals surface area contributed by atoms with Gasteiger partial charge in [0.05, 0.1) is 7.11 Å². The summed E-state index contributed by atoms with van der Waals surface area (Å²) in [5, 5.41) is 4.34. The van der Waals surface area contributed by atoms with Crippen LogP contribution in [0.3, 0.4) is 0 Å². The van der Waals surface area contributed by atoms with Crippen molar-refractivity contribution in [2.75, 3.05) is 20.7 Å². The molecule has 0 aliphatic heterocycles. The number of nitrogens with one attached hydrogen (secondary N) is 1. The molecule has 1 aromatic heterocycles. The molecule has 0 saturated heterocycles. The number of hydrogen-bond acceptors (Lipinski definition) is 3. The first-order chi connectivity index (χ1) is 7.86. The van der Waals surface area contributed by atoms with Crippen molar-refractivity contribution >= 4 is 10.9 Å².